The molecule has 158 valence electrons. The highest BCUT2D eigenvalue weighted by Gasteiger charge is 2.52. The Balaban J connectivity index is 3.26. The van der Waals surface area contributed by atoms with Crippen LogP contribution in [0.2, 0.25) is 0 Å². The van der Waals surface area contributed by atoms with Gasteiger partial charge in [0.2, 0.25) is 5.91 Å². The lowest BCUT2D eigenvalue weighted by Crippen LogP contribution is -2.61. The summed E-state index contributed by atoms with van der Waals surface area (Å²) in [5, 5.41) is 0. The first-order valence-corrected chi connectivity index (χ1v) is 9.26. The van der Waals surface area contributed by atoms with Gasteiger partial charge in [-0.3, -0.25) is 24.0 Å². The number of rotatable bonds is 8. The van der Waals surface area contributed by atoms with E-state index in [0.29, 0.717) is 0 Å². The Morgan fingerprint density at radius 3 is 1.79 bits per heavy atom. The number of carbonyl (C=O) groups excluding carboxylic acids is 5. The van der Waals surface area contributed by atoms with Crippen molar-refractivity contribution >= 4 is 41.5 Å². The largest absolute Gasteiger partial charge is 0.463 e. The van der Waals surface area contributed by atoms with E-state index in [2.05, 4.69) is 0 Å². The van der Waals surface area contributed by atoms with Crippen LogP contribution in [0.5, 0.6) is 0 Å². The second-order valence-electron chi connectivity index (χ2n) is 5.84. The molecule has 1 fully saturated rings. The van der Waals surface area contributed by atoms with Crippen molar-refractivity contribution in [3.8, 4) is 0 Å². The molecule has 5 atom stereocenters. The zero-order valence-electron chi connectivity index (χ0n) is 15.9. The minimum Gasteiger partial charge on any atom is -0.463 e. The van der Waals surface area contributed by atoms with E-state index in [1.807, 2.05) is 0 Å². The summed E-state index contributed by atoms with van der Waals surface area (Å²) in [5.74, 6) is -3.62. The molecule has 12 heteroatoms. The van der Waals surface area contributed by atoms with Gasteiger partial charge in [0.25, 0.3) is 0 Å². The topological polar surface area (TPSA) is 158 Å². The summed E-state index contributed by atoms with van der Waals surface area (Å²) < 4.78 is 26.4. The molecule has 0 unspecified atom stereocenters. The molecule has 1 amide bonds. The van der Waals surface area contributed by atoms with E-state index in [9.17, 15) is 24.0 Å². The number of amides is 1. The maximum Gasteiger partial charge on any atom is 0.303 e. The van der Waals surface area contributed by atoms with Gasteiger partial charge < -0.3 is 29.4 Å². The Morgan fingerprint density at radius 2 is 1.32 bits per heavy atom. The van der Waals surface area contributed by atoms with Crippen molar-refractivity contribution < 1.29 is 47.7 Å². The number of hydrogen-bond donors (Lipinski definition) is 1. The highest BCUT2D eigenvalue weighted by molar-refractivity contribution is 8.00. The van der Waals surface area contributed by atoms with Gasteiger partial charge in [-0.15, -0.1) is 11.8 Å². The first kappa shape index (κ1) is 23.7. The van der Waals surface area contributed by atoms with Crippen molar-refractivity contribution in [1.82, 2.24) is 0 Å². The summed E-state index contributed by atoms with van der Waals surface area (Å²) in [5.41, 5.74) is 4.14. The standard InChI is InChI=1S/C16H23NO10S/c1-7(18)23-5-11-13(24-8(2)19)14(25-9(3)20)15(26-10(4)21)16(27-11)28-6-12(17)22/h11,13-16H,5-6H2,1-4H3,(H2,17,22)/t11-,13-,14+,15+,16+/m1/s1. The van der Waals surface area contributed by atoms with Crippen molar-refractivity contribution in [2.24, 2.45) is 5.73 Å². The summed E-state index contributed by atoms with van der Waals surface area (Å²) in [6, 6.07) is 0. The summed E-state index contributed by atoms with van der Waals surface area (Å²) >= 11 is 0.899. The van der Waals surface area contributed by atoms with Crippen LogP contribution in [0.15, 0.2) is 0 Å². The molecule has 1 heterocycles. The van der Waals surface area contributed by atoms with Crippen molar-refractivity contribution in [2.45, 2.75) is 57.5 Å². The van der Waals surface area contributed by atoms with Gasteiger partial charge in [-0.25, -0.2) is 0 Å². The highest BCUT2D eigenvalue weighted by atomic mass is 32.2. The smallest absolute Gasteiger partial charge is 0.303 e. The Morgan fingerprint density at radius 1 is 0.821 bits per heavy atom. The minimum absolute atomic E-state index is 0.187. The Labute approximate surface area is 165 Å². The lowest BCUT2D eigenvalue weighted by Gasteiger charge is -2.44. The van der Waals surface area contributed by atoms with Crippen LogP contribution in [-0.2, 0) is 47.7 Å². The third-order valence-electron chi connectivity index (χ3n) is 3.34. The van der Waals surface area contributed by atoms with Crippen molar-refractivity contribution in [1.29, 1.82) is 0 Å². The van der Waals surface area contributed by atoms with Gasteiger partial charge in [0.05, 0.1) is 5.75 Å². The molecule has 0 aliphatic carbocycles. The molecule has 0 bridgehead atoms. The molecule has 0 saturated carbocycles. The van der Waals surface area contributed by atoms with Crippen molar-refractivity contribution in [3.63, 3.8) is 0 Å². The number of esters is 4. The van der Waals surface area contributed by atoms with Gasteiger partial charge in [-0.2, -0.15) is 0 Å². The zero-order chi connectivity index (χ0) is 21.4. The number of hydrogen-bond acceptors (Lipinski definition) is 11. The molecular formula is C16H23NO10S. The van der Waals surface area contributed by atoms with Gasteiger partial charge in [0.15, 0.2) is 18.3 Å². The third-order valence-corrected chi connectivity index (χ3v) is 4.50. The number of nitrogens with two attached hydrogens (primary N) is 1. The van der Waals surface area contributed by atoms with E-state index >= 15 is 0 Å². The lowest BCUT2D eigenvalue weighted by molar-refractivity contribution is -0.237. The fourth-order valence-electron chi connectivity index (χ4n) is 2.49. The number of thioether (sulfide) groups is 1. The lowest BCUT2D eigenvalue weighted by atomic mass is 9.99. The van der Waals surface area contributed by atoms with Gasteiger partial charge in [-0.1, -0.05) is 0 Å². The molecule has 1 aliphatic rings. The number of primary amides is 1. The molecule has 1 rings (SSSR count). The molecule has 28 heavy (non-hydrogen) atoms. The van der Waals surface area contributed by atoms with E-state index in [1.165, 1.54) is 6.92 Å². The first-order valence-electron chi connectivity index (χ1n) is 8.21. The Kier molecular flexibility index (Phi) is 9.19. The summed E-state index contributed by atoms with van der Waals surface area (Å²) in [6.45, 7) is 4.23. The van der Waals surface area contributed by atoms with E-state index in [0.717, 1.165) is 32.5 Å². The van der Waals surface area contributed by atoms with Crippen LogP contribution in [0.3, 0.4) is 0 Å². The zero-order valence-corrected chi connectivity index (χ0v) is 16.7. The summed E-state index contributed by atoms with van der Waals surface area (Å²) in [7, 11) is 0. The van der Waals surface area contributed by atoms with Crippen LogP contribution < -0.4 is 5.73 Å². The quantitative estimate of drug-likeness (QED) is 0.390. The monoisotopic (exact) mass is 421 g/mol. The predicted molar refractivity (Wildman–Crippen MR) is 93.6 cm³/mol. The molecule has 1 aliphatic heterocycles. The fraction of sp³-hybridized carbons (Fsp3) is 0.688. The average molecular weight is 421 g/mol. The Bertz CT molecular complexity index is 581. The normalized spacial score (nSPS) is 26.6. The average Bonchev–Trinajstić information content (AvgIpc) is 2.54. The second-order valence-corrected chi connectivity index (χ2v) is 6.93. The summed E-state index contributed by atoms with van der Waals surface area (Å²) in [6.07, 6.45) is -4.74. The van der Waals surface area contributed by atoms with Gasteiger partial charge >= 0.3 is 23.9 Å². The van der Waals surface area contributed by atoms with E-state index < -0.39 is 59.6 Å². The van der Waals surface area contributed by atoms with Crippen molar-refractivity contribution in [2.75, 3.05) is 12.4 Å². The van der Waals surface area contributed by atoms with Crippen LogP contribution in [0.1, 0.15) is 27.7 Å². The Hall–Kier alpha value is -2.34. The molecule has 0 aromatic rings. The third kappa shape index (κ3) is 7.72. The molecule has 0 spiro atoms. The second kappa shape index (κ2) is 10.9. The first-order chi connectivity index (χ1) is 13.0. The van der Waals surface area contributed by atoms with Crippen LogP contribution in [-0.4, -0.2) is 72.0 Å². The molecule has 1 saturated heterocycles. The number of carbonyl (C=O) groups is 5. The van der Waals surface area contributed by atoms with Gasteiger partial charge in [0.1, 0.15) is 18.1 Å². The highest BCUT2D eigenvalue weighted by Crippen LogP contribution is 2.34. The molecule has 0 aromatic carbocycles. The molecular weight excluding hydrogens is 398 g/mol. The van der Waals surface area contributed by atoms with E-state index in [1.54, 1.807) is 0 Å². The van der Waals surface area contributed by atoms with Gasteiger partial charge in [0, 0.05) is 27.7 Å². The van der Waals surface area contributed by atoms with Crippen molar-refractivity contribution in [3.05, 3.63) is 0 Å². The van der Waals surface area contributed by atoms with Crippen LogP contribution in [0, 0.1) is 0 Å². The number of ether oxygens (including phenoxy) is 5. The van der Waals surface area contributed by atoms with Crippen LogP contribution >= 0.6 is 11.8 Å². The molecule has 11 nitrogen and oxygen atoms in total. The van der Waals surface area contributed by atoms with E-state index in [4.69, 9.17) is 29.4 Å². The van der Waals surface area contributed by atoms with Gasteiger partial charge in [-0.05, 0) is 0 Å². The van der Waals surface area contributed by atoms with Crippen LogP contribution in [0.4, 0.5) is 0 Å². The predicted octanol–water partition coefficient (Wildman–Crippen LogP) is -0.712. The SMILES string of the molecule is CC(=O)OC[C@H]1O[C@@H](SCC(N)=O)[C@@H](OC(C)=O)[C@@H](OC(C)=O)[C@@H]1OC(C)=O. The maximum atomic E-state index is 11.6. The molecule has 2 N–H and O–H groups in total. The molecule has 0 radical (unpaired) electrons. The minimum atomic E-state index is -1.26. The summed E-state index contributed by atoms with van der Waals surface area (Å²) in [4.78, 5) is 57.0. The maximum absolute atomic E-state index is 11.6. The fourth-order valence-corrected chi connectivity index (χ4v) is 3.44. The van der Waals surface area contributed by atoms with Crippen LogP contribution in [0.25, 0.3) is 0 Å². The molecule has 0 aromatic heterocycles. The van der Waals surface area contributed by atoms with E-state index in [-0.39, 0.29) is 12.4 Å².